The van der Waals surface area contributed by atoms with Crippen molar-refractivity contribution in [1.29, 1.82) is 0 Å². The number of nitrogens with zero attached hydrogens (tertiary/aromatic N) is 3. The Morgan fingerprint density at radius 3 is 2.86 bits per heavy atom. The smallest absolute Gasteiger partial charge is 0.262 e. The molecule has 0 unspecified atom stereocenters. The van der Waals surface area contributed by atoms with E-state index >= 15 is 0 Å². The Bertz CT molecular complexity index is 870. The van der Waals surface area contributed by atoms with Crippen molar-refractivity contribution in [3.63, 3.8) is 0 Å². The van der Waals surface area contributed by atoms with Crippen molar-refractivity contribution in [3.05, 3.63) is 52.4 Å². The van der Waals surface area contributed by atoms with E-state index in [1.807, 2.05) is 6.92 Å². The summed E-state index contributed by atoms with van der Waals surface area (Å²) in [7, 11) is 1.70. The number of aromatic nitrogens is 3. The molecule has 0 N–H and O–H groups in total. The lowest BCUT2D eigenvalue weighted by Crippen LogP contribution is -2.24. The molecule has 6 nitrogen and oxygen atoms in total. The molecule has 0 aliphatic rings. The van der Waals surface area contributed by atoms with Gasteiger partial charge in [-0.3, -0.25) is 14.3 Å². The van der Waals surface area contributed by atoms with Crippen LogP contribution < -0.4 is 5.56 Å². The summed E-state index contributed by atoms with van der Waals surface area (Å²) in [5, 5.41) is 4.47. The number of pyridine rings is 1. The summed E-state index contributed by atoms with van der Waals surface area (Å²) in [6, 6.07) is 5.09. The topological polar surface area (TPSA) is 70.0 Å². The summed E-state index contributed by atoms with van der Waals surface area (Å²) in [5.41, 5.74) is 0.816. The largest absolute Gasteiger partial charge is 0.461 e. The lowest BCUT2D eigenvalue weighted by atomic mass is 10.2. The number of aryl methyl sites for hydroxylation is 2. The Morgan fingerprint density at radius 1 is 1.38 bits per heavy atom. The van der Waals surface area contributed by atoms with E-state index in [1.165, 1.54) is 9.25 Å². The maximum atomic E-state index is 12.4. The molecule has 0 saturated carbocycles. The van der Waals surface area contributed by atoms with E-state index in [2.05, 4.69) is 5.10 Å². The first-order valence-electron chi connectivity index (χ1n) is 6.73. The minimum atomic E-state index is -0.216. The first-order valence-corrected chi connectivity index (χ1v) is 6.73. The average Bonchev–Trinajstić information content (AvgIpc) is 3.08. The third kappa shape index (κ3) is 2.29. The summed E-state index contributed by atoms with van der Waals surface area (Å²) < 4.78 is 8.43. The van der Waals surface area contributed by atoms with Crippen LogP contribution in [0.5, 0.6) is 0 Å². The quantitative estimate of drug-likeness (QED) is 0.685. The van der Waals surface area contributed by atoms with Crippen molar-refractivity contribution < 1.29 is 9.21 Å². The summed E-state index contributed by atoms with van der Waals surface area (Å²) in [5.74, 6) is 0.605. The zero-order chi connectivity index (χ0) is 15.0. The fourth-order valence-corrected chi connectivity index (χ4v) is 2.31. The highest BCUT2D eigenvalue weighted by molar-refractivity contribution is 5.94. The number of rotatable bonds is 4. The number of carbonyl (C=O) groups excluding carboxylic acids is 1. The van der Waals surface area contributed by atoms with Gasteiger partial charge < -0.3 is 8.98 Å². The minimum Gasteiger partial charge on any atom is -0.461 e. The van der Waals surface area contributed by atoms with Gasteiger partial charge in [0.1, 0.15) is 17.0 Å². The minimum absolute atomic E-state index is 0.0130. The molecular weight excluding hydrogens is 270 g/mol. The van der Waals surface area contributed by atoms with Gasteiger partial charge in [-0.2, -0.15) is 5.10 Å². The molecule has 3 aromatic rings. The molecule has 0 atom stereocenters. The van der Waals surface area contributed by atoms with Gasteiger partial charge in [-0.25, -0.2) is 0 Å². The fourth-order valence-electron chi connectivity index (χ4n) is 2.31. The van der Waals surface area contributed by atoms with E-state index in [-0.39, 0.29) is 17.9 Å². The molecule has 108 valence electrons. The van der Waals surface area contributed by atoms with Crippen LogP contribution in [0.15, 0.2) is 39.8 Å². The van der Waals surface area contributed by atoms with Gasteiger partial charge in [-0.15, -0.1) is 0 Å². The van der Waals surface area contributed by atoms with Gasteiger partial charge in [0.2, 0.25) is 5.78 Å². The van der Waals surface area contributed by atoms with Crippen LogP contribution in [-0.4, -0.2) is 20.1 Å². The van der Waals surface area contributed by atoms with Crippen molar-refractivity contribution in [1.82, 2.24) is 14.3 Å². The number of fused-ring (bicyclic) bond motifs is 1. The molecule has 0 saturated heterocycles. The predicted octanol–water partition coefficient (Wildman–Crippen LogP) is 1.77. The van der Waals surface area contributed by atoms with Gasteiger partial charge in [0.05, 0.1) is 11.9 Å². The summed E-state index contributed by atoms with van der Waals surface area (Å²) >= 11 is 0. The molecule has 3 rings (SSSR count). The lowest BCUT2D eigenvalue weighted by molar-refractivity contribution is 0.0962. The third-order valence-electron chi connectivity index (χ3n) is 3.48. The highest BCUT2D eigenvalue weighted by Gasteiger charge is 2.14. The van der Waals surface area contributed by atoms with Crippen molar-refractivity contribution in [2.45, 2.75) is 19.9 Å². The van der Waals surface area contributed by atoms with Gasteiger partial charge in [-0.1, -0.05) is 6.92 Å². The summed E-state index contributed by atoms with van der Waals surface area (Å²) in [6.07, 6.45) is 3.87. The number of carbonyl (C=O) groups is 1. The van der Waals surface area contributed by atoms with E-state index in [4.69, 9.17) is 4.42 Å². The Hall–Kier alpha value is -2.63. The normalized spacial score (nSPS) is 11.1. The van der Waals surface area contributed by atoms with Gasteiger partial charge in [0.25, 0.3) is 5.56 Å². The van der Waals surface area contributed by atoms with E-state index in [1.54, 1.807) is 37.6 Å². The van der Waals surface area contributed by atoms with Crippen molar-refractivity contribution in [2.24, 2.45) is 7.05 Å². The third-order valence-corrected chi connectivity index (χ3v) is 3.48. The molecule has 0 spiro atoms. The maximum Gasteiger partial charge on any atom is 0.262 e. The molecule has 0 aliphatic heterocycles. The Kier molecular flexibility index (Phi) is 3.21. The average molecular weight is 285 g/mol. The molecule has 0 bridgehead atoms. The molecule has 21 heavy (non-hydrogen) atoms. The molecule has 0 aliphatic carbocycles. The molecule has 3 aromatic heterocycles. The van der Waals surface area contributed by atoms with E-state index in [0.717, 1.165) is 12.2 Å². The van der Waals surface area contributed by atoms with E-state index in [9.17, 15) is 9.59 Å². The zero-order valence-electron chi connectivity index (χ0n) is 11.9. The Morgan fingerprint density at radius 2 is 2.19 bits per heavy atom. The number of Topliss-reactive ketones (excluding diaryl/α,β-unsaturated/α-hetero) is 1. The number of hydrogen-bond acceptors (Lipinski definition) is 4. The maximum absolute atomic E-state index is 12.4. The van der Waals surface area contributed by atoms with Crippen LogP contribution in [0.3, 0.4) is 0 Å². The number of furan rings is 1. The van der Waals surface area contributed by atoms with Crippen molar-refractivity contribution in [3.8, 4) is 0 Å². The molecule has 0 radical (unpaired) electrons. The van der Waals surface area contributed by atoms with Gasteiger partial charge in [0, 0.05) is 25.9 Å². The second-order valence-electron chi connectivity index (χ2n) is 4.86. The SMILES string of the molecule is CCc1cc2c(=O)n(CC(=O)c3ccnn3C)ccc2o1. The van der Waals surface area contributed by atoms with Crippen LogP contribution in [-0.2, 0) is 20.0 Å². The molecular formula is C15H15N3O3. The Balaban J connectivity index is 1.98. The van der Waals surface area contributed by atoms with Crippen molar-refractivity contribution >= 4 is 16.8 Å². The van der Waals surface area contributed by atoms with Crippen LogP contribution in [0.1, 0.15) is 23.2 Å². The molecule has 0 aromatic carbocycles. The summed E-state index contributed by atoms with van der Waals surface area (Å²) in [6.45, 7) is 1.95. The molecule has 3 heterocycles. The van der Waals surface area contributed by atoms with Crippen LogP contribution in [0.4, 0.5) is 0 Å². The second-order valence-corrected chi connectivity index (χ2v) is 4.86. The predicted molar refractivity (Wildman–Crippen MR) is 77.4 cm³/mol. The molecule has 6 heteroatoms. The van der Waals surface area contributed by atoms with Gasteiger partial charge >= 0.3 is 0 Å². The van der Waals surface area contributed by atoms with Crippen LogP contribution in [0.25, 0.3) is 11.0 Å². The lowest BCUT2D eigenvalue weighted by Gasteiger charge is -2.05. The number of hydrogen-bond donors (Lipinski definition) is 0. The van der Waals surface area contributed by atoms with Gasteiger partial charge in [0.15, 0.2) is 0 Å². The highest BCUT2D eigenvalue weighted by atomic mass is 16.3. The van der Waals surface area contributed by atoms with Crippen molar-refractivity contribution in [2.75, 3.05) is 0 Å². The van der Waals surface area contributed by atoms with E-state index in [0.29, 0.717) is 16.7 Å². The summed E-state index contributed by atoms with van der Waals surface area (Å²) in [4.78, 5) is 24.6. The number of ketones is 1. The Labute approximate surface area is 120 Å². The van der Waals surface area contributed by atoms with Crippen LogP contribution >= 0.6 is 0 Å². The second kappa shape index (κ2) is 5.05. The fraction of sp³-hybridized carbons (Fsp3) is 0.267. The first kappa shape index (κ1) is 13.4. The van der Waals surface area contributed by atoms with Crippen LogP contribution in [0.2, 0.25) is 0 Å². The van der Waals surface area contributed by atoms with Crippen LogP contribution in [0, 0.1) is 0 Å². The molecule has 0 amide bonds. The molecule has 0 fully saturated rings. The highest BCUT2D eigenvalue weighted by Crippen LogP contribution is 2.16. The van der Waals surface area contributed by atoms with E-state index < -0.39 is 0 Å². The zero-order valence-corrected chi connectivity index (χ0v) is 11.9. The standard InChI is InChI=1S/C15H15N3O3/c1-3-10-8-11-14(21-10)5-7-18(15(11)20)9-13(19)12-4-6-16-17(12)2/h4-8H,3,9H2,1-2H3. The van der Waals surface area contributed by atoms with Gasteiger partial charge in [-0.05, 0) is 18.2 Å². The first-order chi connectivity index (χ1) is 10.1. The monoisotopic (exact) mass is 285 g/mol.